The molecule has 0 aliphatic carbocycles. The Kier molecular flexibility index (Phi) is 5.00. The largest absolute Gasteiger partial charge is 0.305 e. The molecule has 0 saturated heterocycles. The number of pyridine rings is 2. The zero-order chi connectivity index (χ0) is 13.9. The van der Waals surface area contributed by atoms with Gasteiger partial charge in [0.15, 0.2) is 0 Å². The standard InChI is InChI=1S/C18H15N2.Ir/c1-13-7-9-19-17(11-13)15-3-5-16(6-4-15)18-12-14(2)8-10-20-18;/h3-5,7-12H,1-2H3;/q-1;. The van der Waals surface area contributed by atoms with Crippen molar-refractivity contribution >= 4 is 0 Å². The number of benzene rings is 1. The third kappa shape index (κ3) is 3.63. The Morgan fingerprint density at radius 1 is 0.810 bits per heavy atom. The average molecular weight is 452 g/mol. The summed E-state index contributed by atoms with van der Waals surface area (Å²) in [4.78, 5) is 8.77. The van der Waals surface area contributed by atoms with Crippen LogP contribution in [0.15, 0.2) is 54.9 Å². The maximum absolute atomic E-state index is 4.39. The molecule has 0 fully saturated rings. The molecule has 3 rings (SSSR count). The van der Waals surface area contributed by atoms with Crippen molar-refractivity contribution in [3.05, 3.63) is 72.1 Å². The SMILES string of the molecule is Cc1ccnc(-c2[c-]cc(-c3cc(C)ccn3)cc2)c1.[Ir]. The summed E-state index contributed by atoms with van der Waals surface area (Å²) in [5.41, 5.74) is 6.42. The van der Waals surface area contributed by atoms with E-state index >= 15 is 0 Å². The summed E-state index contributed by atoms with van der Waals surface area (Å²) in [6, 6.07) is 17.5. The van der Waals surface area contributed by atoms with Gasteiger partial charge in [0.2, 0.25) is 0 Å². The van der Waals surface area contributed by atoms with Gasteiger partial charge in [-0.2, -0.15) is 0 Å². The summed E-state index contributed by atoms with van der Waals surface area (Å²) in [5.74, 6) is 0. The van der Waals surface area contributed by atoms with Gasteiger partial charge in [0.1, 0.15) is 0 Å². The van der Waals surface area contributed by atoms with Crippen molar-refractivity contribution in [2.45, 2.75) is 13.8 Å². The van der Waals surface area contributed by atoms with Gasteiger partial charge in [-0.3, -0.25) is 4.98 Å². The normalized spacial score (nSPS) is 10.0. The van der Waals surface area contributed by atoms with Crippen LogP contribution in [0.4, 0.5) is 0 Å². The van der Waals surface area contributed by atoms with Crippen LogP contribution in [0.25, 0.3) is 22.5 Å². The molecule has 3 aromatic rings. The van der Waals surface area contributed by atoms with E-state index in [9.17, 15) is 0 Å². The van der Waals surface area contributed by atoms with E-state index in [1.54, 1.807) is 0 Å². The topological polar surface area (TPSA) is 25.8 Å². The van der Waals surface area contributed by atoms with Crippen molar-refractivity contribution in [3.63, 3.8) is 0 Å². The van der Waals surface area contributed by atoms with Gasteiger partial charge in [0.25, 0.3) is 0 Å². The molecule has 2 nitrogen and oxygen atoms in total. The second-order valence-electron chi connectivity index (χ2n) is 4.93. The van der Waals surface area contributed by atoms with Gasteiger partial charge < -0.3 is 4.98 Å². The molecule has 3 heteroatoms. The van der Waals surface area contributed by atoms with Crippen LogP contribution in [0.3, 0.4) is 0 Å². The molecule has 2 heterocycles. The molecule has 0 amide bonds. The number of aryl methyl sites for hydroxylation is 2. The third-order valence-electron chi connectivity index (χ3n) is 3.22. The molecule has 0 aliphatic rings. The van der Waals surface area contributed by atoms with Crippen LogP contribution >= 0.6 is 0 Å². The summed E-state index contributed by atoms with van der Waals surface area (Å²) >= 11 is 0. The van der Waals surface area contributed by atoms with E-state index in [0.29, 0.717) is 0 Å². The first-order valence-corrected chi connectivity index (χ1v) is 6.60. The maximum atomic E-state index is 4.39. The van der Waals surface area contributed by atoms with Crippen molar-refractivity contribution in [1.29, 1.82) is 0 Å². The van der Waals surface area contributed by atoms with Crippen LogP contribution in [0.2, 0.25) is 0 Å². The van der Waals surface area contributed by atoms with Crippen LogP contribution in [-0.4, -0.2) is 9.97 Å². The Morgan fingerprint density at radius 2 is 1.43 bits per heavy atom. The Hall–Kier alpha value is -1.83. The number of hydrogen-bond donors (Lipinski definition) is 0. The fourth-order valence-electron chi connectivity index (χ4n) is 2.12. The number of hydrogen-bond acceptors (Lipinski definition) is 2. The van der Waals surface area contributed by atoms with Crippen LogP contribution in [0, 0.1) is 19.9 Å². The second kappa shape index (κ2) is 6.75. The van der Waals surface area contributed by atoms with E-state index in [4.69, 9.17) is 0 Å². The zero-order valence-corrected chi connectivity index (χ0v) is 14.3. The van der Waals surface area contributed by atoms with Gasteiger partial charge in [-0.25, -0.2) is 0 Å². The molecule has 0 saturated carbocycles. The maximum Gasteiger partial charge on any atom is 0.0291 e. The molecular formula is C18H15IrN2-. The van der Waals surface area contributed by atoms with Gasteiger partial charge in [-0.15, -0.1) is 29.8 Å². The molecule has 0 N–H and O–H groups in total. The van der Waals surface area contributed by atoms with Gasteiger partial charge >= 0.3 is 0 Å². The molecule has 1 aromatic carbocycles. The van der Waals surface area contributed by atoms with Crippen molar-refractivity contribution in [3.8, 4) is 22.5 Å². The summed E-state index contributed by atoms with van der Waals surface area (Å²) < 4.78 is 0. The molecule has 0 spiro atoms. The predicted molar refractivity (Wildman–Crippen MR) is 81.2 cm³/mol. The summed E-state index contributed by atoms with van der Waals surface area (Å²) in [5, 5.41) is 0. The number of aromatic nitrogens is 2. The van der Waals surface area contributed by atoms with Crippen LogP contribution in [0.1, 0.15) is 11.1 Å². The predicted octanol–water partition coefficient (Wildman–Crippen LogP) is 4.23. The van der Waals surface area contributed by atoms with Gasteiger partial charge in [0, 0.05) is 38.2 Å². The Labute approximate surface area is 138 Å². The summed E-state index contributed by atoms with van der Waals surface area (Å²) in [6.45, 7) is 4.14. The molecule has 21 heavy (non-hydrogen) atoms. The van der Waals surface area contributed by atoms with Crippen molar-refractivity contribution in [2.75, 3.05) is 0 Å². The van der Waals surface area contributed by atoms with Crippen molar-refractivity contribution in [2.24, 2.45) is 0 Å². The van der Waals surface area contributed by atoms with E-state index in [0.717, 1.165) is 22.5 Å². The molecule has 2 aromatic heterocycles. The zero-order valence-electron chi connectivity index (χ0n) is 11.9. The molecule has 0 aliphatic heterocycles. The van der Waals surface area contributed by atoms with E-state index in [1.165, 1.54) is 11.1 Å². The Balaban J connectivity index is 0.00000161. The minimum atomic E-state index is 0. The Morgan fingerprint density at radius 3 is 2.00 bits per heavy atom. The first-order chi connectivity index (χ1) is 9.72. The third-order valence-corrected chi connectivity index (χ3v) is 3.22. The minimum absolute atomic E-state index is 0. The summed E-state index contributed by atoms with van der Waals surface area (Å²) in [6.07, 6.45) is 3.66. The molecular weight excluding hydrogens is 436 g/mol. The minimum Gasteiger partial charge on any atom is -0.305 e. The Bertz CT molecular complexity index is 672. The first kappa shape index (κ1) is 15.6. The van der Waals surface area contributed by atoms with Crippen LogP contribution in [0.5, 0.6) is 0 Å². The fourth-order valence-corrected chi connectivity index (χ4v) is 2.12. The first-order valence-electron chi connectivity index (χ1n) is 6.60. The van der Waals surface area contributed by atoms with E-state index in [-0.39, 0.29) is 20.1 Å². The number of nitrogens with zero attached hydrogens (tertiary/aromatic N) is 2. The van der Waals surface area contributed by atoms with Crippen LogP contribution < -0.4 is 0 Å². The van der Waals surface area contributed by atoms with E-state index < -0.39 is 0 Å². The second-order valence-corrected chi connectivity index (χ2v) is 4.93. The van der Waals surface area contributed by atoms with Crippen molar-refractivity contribution in [1.82, 2.24) is 9.97 Å². The average Bonchev–Trinajstić information content (AvgIpc) is 2.47. The van der Waals surface area contributed by atoms with E-state index in [1.807, 2.05) is 36.7 Å². The molecule has 0 bridgehead atoms. The molecule has 1 radical (unpaired) electrons. The van der Waals surface area contributed by atoms with Crippen molar-refractivity contribution < 1.29 is 20.1 Å². The molecule has 107 valence electrons. The smallest absolute Gasteiger partial charge is 0.0291 e. The monoisotopic (exact) mass is 452 g/mol. The van der Waals surface area contributed by atoms with Crippen LogP contribution in [-0.2, 0) is 20.1 Å². The van der Waals surface area contributed by atoms with Gasteiger partial charge in [-0.05, 0) is 43.3 Å². The number of rotatable bonds is 2. The van der Waals surface area contributed by atoms with Gasteiger partial charge in [0.05, 0.1) is 0 Å². The molecule has 0 unspecified atom stereocenters. The quantitative estimate of drug-likeness (QED) is 0.545. The van der Waals surface area contributed by atoms with E-state index in [2.05, 4.69) is 48.1 Å². The van der Waals surface area contributed by atoms with Gasteiger partial charge in [-0.1, -0.05) is 17.2 Å². The fraction of sp³-hybridized carbons (Fsp3) is 0.111. The summed E-state index contributed by atoms with van der Waals surface area (Å²) in [7, 11) is 0. The molecule has 0 atom stereocenters.